The molecule has 2 rings (SSSR count). The molecule has 1 aliphatic rings. The first kappa shape index (κ1) is 15.5. The molecule has 3 heteroatoms. The summed E-state index contributed by atoms with van der Waals surface area (Å²) >= 11 is 0. The summed E-state index contributed by atoms with van der Waals surface area (Å²) in [6.07, 6.45) is 1.17. The molecule has 3 atom stereocenters. The van der Waals surface area contributed by atoms with Crippen LogP contribution in [0.25, 0.3) is 0 Å². The molecule has 1 aliphatic heterocycles. The number of ether oxygens (including phenoxy) is 1. The number of hydrogen-bond donors (Lipinski definition) is 1. The van der Waals surface area contributed by atoms with Crippen molar-refractivity contribution in [1.82, 2.24) is 10.2 Å². The van der Waals surface area contributed by atoms with Crippen LogP contribution in [0.3, 0.4) is 0 Å². The molecule has 1 fully saturated rings. The van der Waals surface area contributed by atoms with Crippen LogP contribution >= 0.6 is 0 Å². The quantitative estimate of drug-likeness (QED) is 0.895. The zero-order valence-electron chi connectivity index (χ0n) is 13.2. The Labute approximate surface area is 123 Å². The van der Waals surface area contributed by atoms with Gasteiger partial charge >= 0.3 is 0 Å². The van der Waals surface area contributed by atoms with Crippen molar-refractivity contribution in [2.24, 2.45) is 0 Å². The van der Waals surface area contributed by atoms with E-state index in [-0.39, 0.29) is 5.54 Å². The molecule has 0 saturated carbocycles. The Hall–Kier alpha value is -0.900. The minimum absolute atomic E-state index is 0.0326. The fraction of sp³-hybridized carbons (Fsp3) is 0.647. The van der Waals surface area contributed by atoms with Gasteiger partial charge in [0, 0.05) is 32.3 Å². The molecule has 3 nitrogen and oxygen atoms in total. The van der Waals surface area contributed by atoms with Crippen molar-refractivity contribution in [3.8, 4) is 0 Å². The summed E-state index contributed by atoms with van der Waals surface area (Å²) in [5, 5.41) is 3.70. The fourth-order valence-corrected chi connectivity index (χ4v) is 3.28. The maximum atomic E-state index is 5.39. The Morgan fingerprint density at radius 3 is 2.70 bits per heavy atom. The molecule has 1 N–H and O–H groups in total. The first-order valence-corrected chi connectivity index (χ1v) is 7.66. The Bertz CT molecular complexity index is 409. The van der Waals surface area contributed by atoms with Gasteiger partial charge in [-0.15, -0.1) is 0 Å². The molecule has 0 spiro atoms. The summed E-state index contributed by atoms with van der Waals surface area (Å²) in [7, 11) is 1.79. The number of nitrogens with zero attached hydrogens (tertiary/aromatic N) is 1. The number of hydrogen-bond acceptors (Lipinski definition) is 3. The summed E-state index contributed by atoms with van der Waals surface area (Å²) in [4.78, 5) is 2.61. The van der Waals surface area contributed by atoms with Crippen molar-refractivity contribution >= 4 is 0 Å². The largest absolute Gasteiger partial charge is 0.383 e. The third kappa shape index (κ3) is 3.05. The Kier molecular flexibility index (Phi) is 5.19. The first-order valence-electron chi connectivity index (χ1n) is 7.66. The summed E-state index contributed by atoms with van der Waals surface area (Å²) in [5.41, 5.74) is 1.41. The lowest BCUT2D eigenvalue weighted by molar-refractivity contribution is -0.0129. The summed E-state index contributed by atoms with van der Waals surface area (Å²) in [5.74, 6) is 0. The highest BCUT2D eigenvalue weighted by Crippen LogP contribution is 2.32. The lowest BCUT2D eigenvalue weighted by atomic mass is 9.85. The van der Waals surface area contributed by atoms with Crippen LogP contribution in [0.15, 0.2) is 30.3 Å². The summed E-state index contributed by atoms with van der Waals surface area (Å²) in [6, 6.07) is 11.8. The average molecular weight is 276 g/mol. The van der Waals surface area contributed by atoms with E-state index in [9.17, 15) is 0 Å². The van der Waals surface area contributed by atoms with Crippen molar-refractivity contribution in [2.45, 2.75) is 44.8 Å². The SMILES string of the molecule is CCC1CN(C(C)COC)C(C)(c2ccccc2)CN1. The number of piperazine rings is 1. The van der Waals surface area contributed by atoms with E-state index in [0.29, 0.717) is 12.1 Å². The lowest BCUT2D eigenvalue weighted by Crippen LogP contribution is -2.64. The van der Waals surface area contributed by atoms with Gasteiger partial charge in [-0.25, -0.2) is 0 Å². The average Bonchev–Trinajstić information content (AvgIpc) is 2.49. The van der Waals surface area contributed by atoms with E-state index in [2.05, 4.69) is 61.3 Å². The predicted octanol–water partition coefficient (Wildman–Crippen LogP) is 2.62. The molecular formula is C17H28N2O. The van der Waals surface area contributed by atoms with Crippen LogP contribution in [0.5, 0.6) is 0 Å². The maximum Gasteiger partial charge on any atom is 0.0615 e. The zero-order valence-corrected chi connectivity index (χ0v) is 13.2. The number of nitrogens with one attached hydrogen (secondary N) is 1. The molecule has 1 aromatic rings. The molecule has 0 aliphatic carbocycles. The van der Waals surface area contributed by atoms with Gasteiger partial charge in [0.15, 0.2) is 0 Å². The smallest absolute Gasteiger partial charge is 0.0615 e. The van der Waals surface area contributed by atoms with Crippen LogP contribution < -0.4 is 5.32 Å². The second-order valence-corrected chi connectivity index (χ2v) is 6.08. The second kappa shape index (κ2) is 6.70. The Morgan fingerprint density at radius 1 is 1.40 bits per heavy atom. The van der Waals surface area contributed by atoms with Gasteiger partial charge in [0.2, 0.25) is 0 Å². The van der Waals surface area contributed by atoms with Crippen molar-refractivity contribution in [1.29, 1.82) is 0 Å². The monoisotopic (exact) mass is 276 g/mol. The van der Waals surface area contributed by atoms with Crippen LogP contribution in [-0.2, 0) is 10.3 Å². The van der Waals surface area contributed by atoms with Gasteiger partial charge in [-0.1, -0.05) is 37.3 Å². The van der Waals surface area contributed by atoms with E-state index < -0.39 is 0 Å². The topological polar surface area (TPSA) is 24.5 Å². The molecular weight excluding hydrogens is 248 g/mol. The van der Waals surface area contributed by atoms with Gasteiger partial charge in [0.1, 0.15) is 0 Å². The van der Waals surface area contributed by atoms with Gasteiger partial charge in [0.25, 0.3) is 0 Å². The highest BCUT2D eigenvalue weighted by Gasteiger charge is 2.40. The molecule has 0 aromatic heterocycles. The summed E-state index contributed by atoms with van der Waals surface area (Å²) < 4.78 is 5.39. The predicted molar refractivity (Wildman–Crippen MR) is 83.9 cm³/mol. The van der Waals surface area contributed by atoms with Gasteiger partial charge in [-0.05, 0) is 25.8 Å². The fourth-order valence-electron chi connectivity index (χ4n) is 3.28. The standard InChI is InChI=1S/C17H28N2O/c1-5-16-11-19(14(2)12-20-4)17(3,13-18-16)15-9-7-6-8-10-15/h6-10,14,16,18H,5,11-13H2,1-4H3. The Balaban J connectivity index is 2.28. The van der Waals surface area contributed by atoms with E-state index in [1.165, 1.54) is 12.0 Å². The van der Waals surface area contributed by atoms with E-state index in [0.717, 1.165) is 19.7 Å². The molecule has 3 unspecified atom stereocenters. The van der Waals surface area contributed by atoms with Crippen LogP contribution in [0, 0.1) is 0 Å². The van der Waals surface area contributed by atoms with E-state index in [1.54, 1.807) is 7.11 Å². The molecule has 112 valence electrons. The van der Waals surface area contributed by atoms with Crippen LogP contribution in [0.1, 0.15) is 32.8 Å². The normalized spacial score (nSPS) is 29.3. The van der Waals surface area contributed by atoms with Crippen molar-refractivity contribution < 1.29 is 4.74 Å². The highest BCUT2D eigenvalue weighted by molar-refractivity contribution is 5.25. The molecule has 0 amide bonds. The minimum Gasteiger partial charge on any atom is -0.383 e. The van der Waals surface area contributed by atoms with Crippen LogP contribution in [0.4, 0.5) is 0 Å². The number of rotatable bonds is 5. The molecule has 1 heterocycles. The van der Waals surface area contributed by atoms with Crippen LogP contribution in [-0.4, -0.2) is 43.8 Å². The molecule has 0 radical (unpaired) electrons. The number of methoxy groups -OCH3 is 1. The number of benzene rings is 1. The van der Waals surface area contributed by atoms with E-state index in [4.69, 9.17) is 4.74 Å². The van der Waals surface area contributed by atoms with Gasteiger partial charge in [0.05, 0.1) is 12.1 Å². The molecule has 20 heavy (non-hydrogen) atoms. The maximum absolute atomic E-state index is 5.39. The molecule has 1 aromatic carbocycles. The van der Waals surface area contributed by atoms with Crippen molar-refractivity contribution in [3.05, 3.63) is 35.9 Å². The van der Waals surface area contributed by atoms with Crippen molar-refractivity contribution in [3.63, 3.8) is 0 Å². The lowest BCUT2D eigenvalue weighted by Gasteiger charge is -2.51. The first-order chi connectivity index (χ1) is 9.61. The van der Waals surface area contributed by atoms with E-state index >= 15 is 0 Å². The third-order valence-electron chi connectivity index (χ3n) is 4.61. The van der Waals surface area contributed by atoms with Gasteiger partial charge in [-0.2, -0.15) is 0 Å². The summed E-state index contributed by atoms with van der Waals surface area (Å²) in [6.45, 7) is 9.70. The van der Waals surface area contributed by atoms with Crippen molar-refractivity contribution in [2.75, 3.05) is 26.8 Å². The van der Waals surface area contributed by atoms with Gasteiger partial charge in [-0.3, -0.25) is 4.90 Å². The third-order valence-corrected chi connectivity index (χ3v) is 4.61. The van der Waals surface area contributed by atoms with E-state index in [1.807, 2.05) is 0 Å². The molecule has 0 bridgehead atoms. The zero-order chi connectivity index (χ0) is 14.6. The highest BCUT2D eigenvalue weighted by atomic mass is 16.5. The van der Waals surface area contributed by atoms with Crippen LogP contribution in [0.2, 0.25) is 0 Å². The second-order valence-electron chi connectivity index (χ2n) is 6.08. The minimum atomic E-state index is 0.0326. The molecule has 1 saturated heterocycles. The Morgan fingerprint density at radius 2 is 2.10 bits per heavy atom. The van der Waals surface area contributed by atoms with Gasteiger partial charge < -0.3 is 10.1 Å².